The summed E-state index contributed by atoms with van der Waals surface area (Å²) in [6.45, 7) is 1.02. The van der Waals surface area contributed by atoms with Gasteiger partial charge in [-0.25, -0.2) is 8.42 Å². The lowest BCUT2D eigenvalue weighted by Crippen LogP contribution is -2.41. The van der Waals surface area contributed by atoms with Crippen LogP contribution in [0.4, 0.5) is 11.4 Å². The zero-order valence-electron chi connectivity index (χ0n) is 23.9. The number of nitrogens with one attached hydrogen (secondary N) is 2. The van der Waals surface area contributed by atoms with Gasteiger partial charge in [-0.15, -0.1) is 0 Å². The molecule has 1 unspecified atom stereocenters. The largest absolute Gasteiger partial charge is 0.456 e. The minimum atomic E-state index is -4.02. The maximum absolute atomic E-state index is 13.8. The molecular formula is C33H31N3O6S2. The zero-order chi connectivity index (χ0) is 31.1. The predicted octanol–water partition coefficient (Wildman–Crippen LogP) is 5.66. The summed E-state index contributed by atoms with van der Waals surface area (Å²) < 4.78 is 34.2. The highest BCUT2D eigenvalue weighted by molar-refractivity contribution is 7.99. The van der Waals surface area contributed by atoms with Gasteiger partial charge >= 0.3 is 5.97 Å². The number of ether oxygens (including phenoxy) is 1. The van der Waals surface area contributed by atoms with Crippen LogP contribution < -0.4 is 10.6 Å². The number of nitrogens with zero attached hydrogens (tertiary/aromatic N) is 1. The summed E-state index contributed by atoms with van der Waals surface area (Å²) in [6, 6.07) is 29.5. The van der Waals surface area contributed by atoms with Gasteiger partial charge in [0.05, 0.1) is 23.0 Å². The first-order valence-electron chi connectivity index (χ1n) is 14.0. The van der Waals surface area contributed by atoms with E-state index in [1.54, 1.807) is 18.2 Å². The zero-order valence-corrected chi connectivity index (χ0v) is 25.6. The van der Waals surface area contributed by atoms with Gasteiger partial charge in [-0.05, 0) is 66.1 Å². The average Bonchev–Trinajstić information content (AvgIpc) is 3.01. The number of anilines is 2. The quantitative estimate of drug-likeness (QED) is 0.217. The summed E-state index contributed by atoms with van der Waals surface area (Å²) in [4.78, 5) is 39.1. The van der Waals surface area contributed by atoms with Gasteiger partial charge in [-0.2, -0.15) is 4.31 Å². The number of rotatable bonds is 10. The van der Waals surface area contributed by atoms with E-state index >= 15 is 0 Å². The highest BCUT2D eigenvalue weighted by Gasteiger charge is 2.38. The van der Waals surface area contributed by atoms with Crippen LogP contribution in [0, 0.1) is 0 Å². The Labute approximate surface area is 260 Å². The third-order valence-corrected chi connectivity index (χ3v) is 10.0. The Balaban J connectivity index is 1.27. The normalized spacial score (nSPS) is 14.7. The number of sulfonamides is 1. The minimum absolute atomic E-state index is 0.0377. The standard InChI is InChI=1S/C33H31N3O6S2/c1-23(37)34-25-15-17-27(18-16-25)44(40,41)36-20-19-24-9-5-6-12-28(24)30(36)21-33(39)42-22-32(38)35-29-13-7-8-14-31(29)43-26-10-3-2-4-11-26/h2-18,30H,19-22H2,1H3,(H,34,37)(H,35,38). The van der Waals surface area contributed by atoms with Crippen molar-refractivity contribution in [1.82, 2.24) is 4.31 Å². The number of benzene rings is 4. The van der Waals surface area contributed by atoms with Crippen LogP contribution in [0.5, 0.6) is 0 Å². The second-order valence-electron chi connectivity index (χ2n) is 10.1. The van der Waals surface area contributed by atoms with Crippen LogP contribution in [0.1, 0.15) is 30.5 Å². The fourth-order valence-corrected chi connectivity index (χ4v) is 7.53. The van der Waals surface area contributed by atoms with Crippen LogP contribution in [0.2, 0.25) is 0 Å². The number of fused-ring (bicyclic) bond motifs is 1. The van der Waals surface area contributed by atoms with Gasteiger partial charge in [0.15, 0.2) is 6.61 Å². The molecule has 0 fully saturated rings. The maximum Gasteiger partial charge on any atom is 0.308 e. The first kappa shape index (κ1) is 31.0. The molecule has 0 saturated heterocycles. The lowest BCUT2D eigenvalue weighted by Gasteiger charge is -2.36. The molecule has 226 valence electrons. The highest BCUT2D eigenvalue weighted by atomic mass is 32.2. The Kier molecular flexibility index (Phi) is 9.78. The molecule has 11 heteroatoms. The van der Waals surface area contributed by atoms with Gasteiger partial charge < -0.3 is 15.4 Å². The van der Waals surface area contributed by atoms with Gasteiger partial charge in [0, 0.05) is 28.9 Å². The summed E-state index contributed by atoms with van der Waals surface area (Å²) in [5.74, 6) is -1.47. The summed E-state index contributed by atoms with van der Waals surface area (Å²) in [5, 5.41) is 5.43. The highest BCUT2D eigenvalue weighted by Crippen LogP contribution is 2.37. The van der Waals surface area contributed by atoms with Crippen molar-refractivity contribution in [3.63, 3.8) is 0 Å². The molecule has 2 amide bonds. The molecule has 2 N–H and O–H groups in total. The molecule has 0 radical (unpaired) electrons. The van der Waals surface area contributed by atoms with Crippen molar-refractivity contribution in [3.05, 3.63) is 114 Å². The fraction of sp³-hybridized carbons (Fsp3) is 0.182. The van der Waals surface area contributed by atoms with Crippen molar-refractivity contribution in [1.29, 1.82) is 0 Å². The molecule has 4 aromatic carbocycles. The van der Waals surface area contributed by atoms with Crippen LogP contribution in [0.3, 0.4) is 0 Å². The topological polar surface area (TPSA) is 122 Å². The second kappa shape index (κ2) is 13.9. The molecule has 9 nitrogen and oxygen atoms in total. The van der Waals surface area contributed by atoms with E-state index in [4.69, 9.17) is 4.74 Å². The molecule has 0 saturated carbocycles. The number of carbonyl (C=O) groups is 3. The Morgan fingerprint density at radius 2 is 1.55 bits per heavy atom. The molecule has 0 aromatic heterocycles. The number of para-hydroxylation sites is 1. The minimum Gasteiger partial charge on any atom is -0.456 e. The molecule has 0 aliphatic carbocycles. The van der Waals surface area contributed by atoms with E-state index in [1.807, 2.05) is 60.7 Å². The number of esters is 1. The number of hydrogen-bond acceptors (Lipinski definition) is 7. The first-order valence-corrected chi connectivity index (χ1v) is 16.2. The predicted molar refractivity (Wildman–Crippen MR) is 169 cm³/mol. The Morgan fingerprint density at radius 3 is 2.30 bits per heavy atom. The van der Waals surface area contributed by atoms with Crippen molar-refractivity contribution in [2.45, 2.75) is 40.5 Å². The average molecular weight is 630 g/mol. The van der Waals surface area contributed by atoms with Crippen LogP contribution in [-0.2, 0) is 35.6 Å². The van der Waals surface area contributed by atoms with E-state index in [9.17, 15) is 22.8 Å². The van der Waals surface area contributed by atoms with E-state index in [2.05, 4.69) is 10.6 Å². The third-order valence-electron chi connectivity index (χ3n) is 7.00. The van der Waals surface area contributed by atoms with E-state index < -0.39 is 34.5 Å². The van der Waals surface area contributed by atoms with Gasteiger partial charge in [-0.3, -0.25) is 14.4 Å². The Morgan fingerprint density at radius 1 is 0.864 bits per heavy atom. The van der Waals surface area contributed by atoms with Crippen molar-refractivity contribution in [2.75, 3.05) is 23.8 Å². The molecule has 0 bridgehead atoms. The Bertz CT molecular complexity index is 1760. The van der Waals surface area contributed by atoms with Gasteiger partial charge in [-0.1, -0.05) is 66.4 Å². The molecule has 1 aliphatic rings. The molecule has 1 heterocycles. The van der Waals surface area contributed by atoms with Gasteiger partial charge in [0.25, 0.3) is 5.91 Å². The summed E-state index contributed by atoms with van der Waals surface area (Å²) in [7, 11) is -4.02. The number of amides is 2. The monoisotopic (exact) mass is 629 g/mol. The van der Waals surface area contributed by atoms with Crippen LogP contribution in [-0.4, -0.2) is 43.7 Å². The third kappa shape index (κ3) is 7.54. The van der Waals surface area contributed by atoms with Gasteiger partial charge in [0.2, 0.25) is 15.9 Å². The molecule has 0 spiro atoms. The van der Waals surface area contributed by atoms with E-state index in [0.717, 1.165) is 15.4 Å². The van der Waals surface area contributed by atoms with Crippen LogP contribution in [0.25, 0.3) is 0 Å². The van der Waals surface area contributed by atoms with E-state index in [1.165, 1.54) is 47.3 Å². The number of carbonyl (C=O) groups excluding carboxylic acids is 3. The second-order valence-corrected chi connectivity index (χ2v) is 13.1. The molecule has 5 rings (SSSR count). The Hall–Kier alpha value is -4.45. The van der Waals surface area contributed by atoms with Crippen molar-refractivity contribution < 1.29 is 27.5 Å². The van der Waals surface area contributed by atoms with Crippen LogP contribution >= 0.6 is 11.8 Å². The van der Waals surface area contributed by atoms with Crippen molar-refractivity contribution >= 4 is 50.9 Å². The summed E-state index contributed by atoms with van der Waals surface area (Å²) in [6.07, 6.45) is 0.210. The van der Waals surface area contributed by atoms with E-state index in [-0.39, 0.29) is 23.8 Å². The SMILES string of the molecule is CC(=O)Nc1ccc(S(=O)(=O)N2CCc3ccccc3C2CC(=O)OCC(=O)Nc2ccccc2Sc2ccccc2)cc1. The molecule has 44 heavy (non-hydrogen) atoms. The maximum atomic E-state index is 13.8. The number of hydrogen-bond donors (Lipinski definition) is 2. The molecule has 1 atom stereocenters. The van der Waals surface area contributed by atoms with Gasteiger partial charge in [0.1, 0.15) is 0 Å². The molecule has 4 aromatic rings. The first-order chi connectivity index (χ1) is 21.2. The lowest BCUT2D eigenvalue weighted by molar-refractivity contribution is -0.148. The molecular weight excluding hydrogens is 599 g/mol. The van der Waals surface area contributed by atoms with Crippen molar-refractivity contribution in [2.24, 2.45) is 0 Å². The fourth-order valence-electron chi connectivity index (χ4n) is 5.00. The van der Waals surface area contributed by atoms with E-state index in [0.29, 0.717) is 23.4 Å². The van der Waals surface area contributed by atoms with Crippen molar-refractivity contribution in [3.8, 4) is 0 Å². The van der Waals surface area contributed by atoms with Crippen LogP contribution in [0.15, 0.2) is 118 Å². The summed E-state index contributed by atoms with van der Waals surface area (Å²) in [5.41, 5.74) is 2.72. The lowest BCUT2D eigenvalue weighted by atomic mass is 9.92. The summed E-state index contributed by atoms with van der Waals surface area (Å²) >= 11 is 1.50. The molecule has 1 aliphatic heterocycles. The smallest absolute Gasteiger partial charge is 0.308 e.